The van der Waals surface area contributed by atoms with Gasteiger partial charge in [0.1, 0.15) is 11.5 Å². The fourth-order valence-corrected chi connectivity index (χ4v) is 7.50. The number of methoxy groups -OCH3 is 2. The summed E-state index contributed by atoms with van der Waals surface area (Å²) in [4.78, 5) is 2.17. The van der Waals surface area contributed by atoms with Gasteiger partial charge in [-0.1, -0.05) is 36.4 Å². The van der Waals surface area contributed by atoms with Gasteiger partial charge < -0.3 is 23.5 Å². The Balaban J connectivity index is 1.40. The lowest BCUT2D eigenvalue weighted by atomic mass is 10.1. The van der Waals surface area contributed by atoms with Gasteiger partial charge in [0.2, 0.25) is 0 Å². The second kappa shape index (κ2) is 12.7. The van der Waals surface area contributed by atoms with Gasteiger partial charge in [-0.2, -0.15) is 10.5 Å². The summed E-state index contributed by atoms with van der Waals surface area (Å²) in [6, 6.07) is 55.6. The number of hydrogen-bond acceptors (Lipinski definition) is 5. The molecule has 0 unspecified atom stereocenters. The Labute approximate surface area is 305 Å². The minimum absolute atomic E-state index is 0.574. The van der Waals surface area contributed by atoms with Crippen LogP contribution < -0.4 is 14.4 Å². The van der Waals surface area contributed by atoms with E-state index in [0.29, 0.717) is 11.1 Å². The number of rotatable bonds is 7. The van der Waals surface area contributed by atoms with Crippen molar-refractivity contribution in [3.63, 3.8) is 0 Å². The summed E-state index contributed by atoms with van der Waals surface area (Å²) in [6.45, 7) is 0. The third-order valence-electron chi connectivity index (χ3n) is 9.93. The molecule has 53 heavy (non-hydrogen) atoms. The van der Waals surface area contributed by atoms with Crippen LogP contribution in [0.3, 0.4) is 0 Å². The first-order valence-electron chi connectivity index (χ1n) is 17.2. The summed E-state index contributed by atoms with van der Waals surface area (Å²) in [6.07, 6.45) is 0. The zero-order valence-corrected chi connectivity index (χ0v) is 29.0. The van der Waals surface area contributed by atoms with Crippen molar-refractivity contribution in [1.82, 2.24) is 9.13 Å². The van der Waals surface area contributed by atoms with Gasteiger partial charge in [-0.25, -0.2) is 0 Å². The van der Waals surface area contributed by atoms with E-state index in [1.54, 1.807) is 14.2 Å². The fraction of sp³-hybridized carbons (Fsp3) is 0.0435. The highest BCUT2D eigenvalue weighted by molar-refractivity contribution is 6.11. The minimum atomic E-state index is 0.574. The Morgan fingerprint density at radius 3 is 1.26 bits per heavy atom. The molecule has 0 aliphatic heterocycles. The molecule has 0 spiro atoms. The van der Waals surface area contributed by atoms with E-state index in [0.717, 1.165) is 83.5 Å². The third-order valence-corrected chi connectivity index (χ3v) is 9.93. The van der Waals surface area contributed by atoms with E-state index < -0.39 is 0 Å². The maximum absolute atomic E-state index is 9.64. The van der Waals surface area contributed by atoms with Crippen LogP contribution in [0.5, 0.6) is 11.5 Å². The number of anilines is 3. The monoisotopic (exact) mass is 685 g/mol. The minimum Gasteiger partial charge on any atom is -0.497 e. The van der Waals surface area contributed by atoms with E-state index in [9.17, 15) is 10.5 Å². The average Bonchev–Trinajstić information content (AvgIpc) is 3.73. The lowest BCUT2D eigenvalue weighted by Crippen LogP contribution is -2.12. The van der Waals surface area contributed by atoms with E-state index in [1.165, 1.54) is 0 Å². The molecule has 0 fully saturated rings. The molecule has 0 saturated carbocycles. The Morgan fingerprint density at radius 1 is 0.434 bits per heavy atom. The van der Waals surface area contributed by atoms with Gasteiger partial charge in [0.25, 0.3) is 0 Å². The number of ether oxygens (including phenoxy) is 2. The predicted octanol–water partition coefficient (Wildman–Crippen LogP) is 11.1. The second-order valence-corrected chi connectivity index (χ2v) is 12.8. The average molecular weight is 686 g/mol. The SMILES string of the molecule is COc1ccc2c(c1)c1ccccc1n2-c1cc(N(c2ccc(C#N)cc2)c2ccc(C#N)cc2)cc(-n2c3ccccc3c3cc(OC)ccc32)c1. The normalized spacial score (nSPS) is 11.2. The van der Waals surface area contributed by atoms with E-state index in [4.69, 9.17) is 9.47 Å². The molecule has 0 bridgehead atoms. The number of aromatic nitrogens is 2. The van der Waals surface area contributed by atoms with Crippen LogP contribution in [0.1, 0.15) is 11.1 Å². The zero-order valence-electron chi connectivity index (χ0n) is 29.0. The molecule has 0 atom stereocenters. The molecule has 0 amide bonds. The van der Waals surface area contributed by atoms with Crippen LogP contribution in [-0.2, 0) is 0 Å². The maximum atomic E-state index is 9.64. The first-order valence-corrected chi connectivity index (χ1v) is 17.2. The van der Waals surface area contributed by atoms with E-state index in [-0.39, 0.29) is 0 Å². The number of benzene rings is 7. The highest BCUT2D eigenvalue weighted by Gasteiger charge is 2.21. The molecular formula is C46H31N5O2. The summed E-state index contributed by atoms with van der Waals surface area (Å²) < 4.78 is 15.9. The summed E-state index contributed by atoms with van der Waals surface area (Å²) in [7, 11) is 3.39. The summed E-state index contributed by atoms with van der Waals surface area (Å²) in [5.74, 6) is 1.59. The summed E-state index contributed by atoms with van der Waals surface area (Å²) in [5, 5.41) is 23.7. The van der Waals surface area contributed by atoms with Crippen molar-refractivity contribution in [2.75, 3.05) is 19.1 Å². The van der Waals surface area contributed by atoms with Gasteiger partial charge in [-0.15, -0.1) is 0 Å². The van der Waals surface area contributed by atoms with Crippen LogP contribution >= 0.6 is 0 Å². The largest absolute Gasteiger partial charge is 0.497 e. The van der Waals surface area contributed by atoms with Crippen molar-refractivity contribution in [1.29, 1.82) is 10.5 Å². The maximum Gasteiger partial charge on any atom is 0.119 e. The first kappa shape index (κ1) is 31.5. The molecule has 0 N–H and O–H groups in total. The number of nitrogens with zero attached hydrogens (tertiary/aromatic N) is 5. The van der Waals surface area contributed by atoms with Crippen molar-refractivity contribution >= 4 is 60.7 Å². The van der Waals surface area contributed by atoms with Gasteiger partial charge in [-0.05, 0) is 115 Å². The molecule has 7 heteroatoms. The molecule has 0 aliphatic rings. The topological polar surface area (TPSA) is 79.1 Å². The van der Waals surface area contributed by atoms with Gasteiger partial charge in [-0.3, -0.25) is 0 Å². The lowest BCUT2D eigenvalue weighted by molar-refractivity contribution is 0.415. The highest BCUT2D eigenvalue weighted by atomic mass is 16.5. The molecular weight excluding hydrogens is 655 g/mol. The van der Waals surface area contributed by atoms with Crippen molar-refractivity contribution in [3.8, 4) is 35.0 Å². The molecule has 9 rings (SSSR count). The van der Waals surface area contributed by atoms with E-state index in [2.05, 4.69) is 117 Å². The van der Waals surface area contributed by atoms with Crippen LogP contribution in [0.25, 0.3) is 55.0 Å². The second-order valence-electron chi connectivity index (χ2n) is 12.8. The first-order chi connectivity index (χ1) is 26.1. The Hall–Kier alpha value is -7.48. The van der Waals surface area contributed by atoms with Crippen LogP contribution in [0.15, 0.2) is 152 Å². The summed E-state index contributed by atoms with van der Waals surface area (Å²) in [5.41, 5.74) is 9.92. The number of para-hydroxylation sites is 2. The van der Waals surface area contributed by atoms with Crippen LogP contribution in [0, 0.1) is 22.7 Å². The van der Waals surface area contributed by atoms with Crippen LogP contribution in [0.2, 0.25) is 0 Å². The molecule has 0 saturated heterocycles. The van der Waals surface area contributed by atoms with Crippen LogP contribution in [0.4, 0.5) is 17.1 Å². The van der Waals surface area contributed by atoms with Gasteiger partial charge in [0.05, 0.1) is 76.6 Å². The molecule has 0 radical (unpaired) electrons. The molecule has 0 aliphatic carbocycles. The van der Waals surface area contributed by atoms with Gasteiger partial charge in [0.15, 0.2) is 0 Å². The van der Waals surface area contributed by atoms with E-state index >= 15 is 0 Å². The molecule has 7 nitrogen and oxygen atoms in total. The molecule has 9 aromatic rings. The Morgan fingerprint density at radius 2 is 0.849 bits per heavy atom. The van der Waals surface area contributed by atoms with Crippen molar-refractivity contribution in [2.24, 2.45) is 0 Å². The number of nitriles is 2. The van der Waals surface area contributed by atoms with Gasteiger partial charge in [0, 0.05) is 32.9 Å². The van der Waals surface area contributed by atoms with E-state index in [1.807, 2.05) is 60.7 Å². The predicted molar refractivity (Wildman–Crippen MR) is 212 cm³/mol. The molecule has 2 aromatic heterocycles. The lowest BCUT2D eigenvalue weighted by Gasteiger charge is -2.27. The standard InChI is InChI=1S/C46H31N5O2/c1-52-37-19-21-45-41(26-37)39-7-3-5-9-43(39)50(45)35-23-34(49(32-15-11-30(28-47)12-16-32)33-17-13-31(29-48)14-18-33)24-36(25-35)51-44-10-6-4-8-40(44)42-27-38(53-2)20-22-46(42)51/h3-27H,1-2H3. The number of fused-ring (bicyclic) bond motifs is 6. The zero-order chi connectivity index (χ0) is 36.1. The van der Waals surface area contributed by atoms with Crippen LogP contribution in [-0.4, -0.2) is 23.4 Å². The molecule has 7 aromatic carbocycles. The smallest absolute Gasteiger partial charge is 0.119 e. The van der Waals surface area contributed by atoms with Crippen molar-refractivity contribution in [2.45, 2.75) is 0 Å². The Bertz CT molecular complexity index is 2750. The quantitative estimate of drug-likeness (QED) is 0.167. The van der Waals surface area contributed by atoms with Crippen molar-refractivity contribution < 1.29 is 9.47 Å². The Kier molecular flexibility index (Phi) is 7.54. The number of hydrogen-bond donors (Lipinski definition) is 0. The highest BCUT2D eigenvalue weighted by Crippen LogP contribution is 2.42. The van der Waals surface area contributed by atoms with Crippen molar-refractivity contribution in [3.05, 3.63) is 163 Å². The molecule has 252 valence electrons. The third kappa shape index (κ3) is 5.19. The summed E-state index contributed by atoms with van der Waals surface area (Å²) >= 11 is 0. The molecule has 2 heterocycles. The van der Waals surface area contributed by atoms with Gasteiger partial charge >= 0.3 is 0 Å². The fourth-order valence-electron chi connectivity index (χ4n) is 7.50.